The van der Waals surface area contributed by atoms with Gasteiger partial charge in [0.1, 0.15) is 5.54 Å². The molecule has 0 amide bonds. The highest BCUT2D eigenvalue weighted by molar-refractivity contribution is 5.79. The van der Waals surface area contributed by atoms with E-state index in [2.05, 4.69) is 35.3 Å². The molecule has 1 aliphatic heterocycles. The molecule has 2 N–H and O–H groups in total. The van der Waals surface area contributed by atoms with Crippen molar-refractivity contribution < 1.29 is 9.90 Å². The van der Waals surface area contributed by atoms with Crippen LogP contribution < -0.4 is 10.2 Å². The van der Waals surface area contributed by atoms with Gasteiger partial charge in [-0.1, -0.05) is 18.2 Å². The lowest BCUT2D eigenvalue weighted by Gasteiger charge is -2.42. The molecule has 0 saturated heterocycles. The van der Waals surface area contributed by atoms with Crippen LogP contribution >= 0.6 is 0 Å². The molecular formula is C17H24N2O2. The summed E-state index contributed by atoms with van der Waals surface area (Å²) in [6.45, 7) is 4.52. The lowest BCUT2D eigenvalue weighted by atomic mass is 9.93. The van der Waals surface area contributed by atoms with Gasteiger partial charge in [-0.25, -0.2) is 0 Å². The number of hydrogen-bond donors (Lipinski definition) is 2. The Morgan fingerprint density at radius 3 is 2.76 bits per heavy atom. The number of nitrogens with one attached hydrogen (secondary N) is 1. The number of aryl methyl sites for hydroxylation is 1. The Morgan fingerprint density at radius 1 is 1.38 bits per heavy atom. The van der Waals surface area contributed by atoms with Crippen molar-refractivity contribution in [1.29, 1.82) is 0 Å². The molecule has 4 nitrogen and oxygen atoms in total. The summed E-state index contributed by atoms with van der Waals surface area (Å²) < 4.78 is 0. The summed E-state index contributed by atoms with van der Waals surface area (Å²) >= 11 is 0. The average molecular weight is 288 g/mol. The number of benzene rings is 1. The van der Waals surface area contributed by atoms with Gasteiger partial charge in [-0.15, -0.1) is 0 Å². The highest BCUT2D eigenvalue weighted by Gasteiger charge is 2.41. The average Bonchev–Trinajstić information content (AvgIpc) is 3.26. The molecule has 4 heteroatoms. The molecular weight excluding hydrogens is 264 g/mol. The van der Waals surface area contributed by atoms with E-state index in [4.69, 9.17) is 0 Å². The van der Waals surface area contributed by atoms with Gasteiger partial charge in [0.25, 0.3) is 0 Å². The smallest absolute Gasteiger partial charge is 0.325 e. The highest BCUT2D eigenvalue weighted by atomic mass is 16.4. The lowest BCUT2D eigenvalue weighted by molar-refractivity contribution is -0.143. The maximum Gasteiger partial charge on any atom is 0.325 e. The third-order valence-corrected chi connectivity index (χ3v) is 4.72. The predicted molar refractivity (Wildman–Crippen MR) is 83.8 cm³/mol. The molecule has 114 valence electrons. The Bertz CT molecular complexity index is 541. The Morgan fingerprint density at radius 2 is 2.10 bits per heavy atom. The van der Waals surface area contributed by atoms with Crippen molar-refractivity contribution in [2.45, 2.75) is 57.2 Å². The van der Waals surface area contributed by atoms with E-state index in [0.717, 1.165) is 25.7 Å². The van der Waals surface area contributed by atoms with Gasteiger partial charge in [0.2, 0.25) is 0 Å². The van der Waals surface area contributed by atoms with E-state index in [9.17, 15) is 9.90 Å². The Hall–Kier alpha value is -1.55. The van der Waals surface area contributed by atoms with Crippen molar-refractivity contribution in [3.8, 4) is 0 Å². The summed E-state index contributed by atoms with van der Waals surface area (Å²) in [4.78, 5) is 14.1. The van der Waals surface area contributed by atoms with Gasteiger partial charge < -0.3 is 10.0 Å². The first-order valence-corrected chi connectivity index (χ1v) is 7.85. The monoisotopic (exact) mass is 288 g/mol. The summed E-state index contributed by atoms with van der Waals surface area (Å²) in [5.74, 6) is -0.760. The third kappa shape index (κ3) is 2.91. The van der Waals surface area contributed by atoms with Crippen LogP contribution in [-0.4, -0.2) is 35.2 Å². The molecule has 21 heavy (non-hydrogen) atoms. The molecule has 2 aliphatic rings. The minimum Gasteiger partial charge on any atom is -0.480 e. The normalized spacial score (nSPS) is 24.3. The van der Waals surface area contributed by atoms with Gasteiger partial charge in [0.15, 0.2) is 0 Å². The Kier molecular flexibility index (Phi) is 3.66. The predicted octanol–water partition coefficient (Wildman–Crippen LogP) is 2.42. The number of carboxylic acid groups (broad SMARTS) is 1. The van der Waals surface area contributed by atoms with Gasteiger partial charge in [-0.05, 0) is 51.2 Å². The molecule has 0 bridgehead atoms. The topological polar surface area (TPSA) is 52.6 Å². The molecule has 1 aliphatic carbocycles. The van der Waals surface area contributed by atoms with E-state index in [1.54, 1.807) is 0 Å². The van der Waals surface area contributed by atoms with Gasteiger partial charge in [-0.2, -0.15) is 0 Å². The van der Waals surface area contributed by atoms with E-state index in [1.165, 1.54) is 11.3 Å². The van der Waals surface area contributed by atoms with Crippen molar-refractivity contribution in [3.05, 3.63) is 29.8 Å². The zero-order valence-electron chi connectivity index (χ0n) is 12.8. The molecule has 1 fully saturated rings. The highest BCUT2D eigenvalue weighted by Crippen LogP contribution is 2.32. The number of nitrogens with zero attached hydrogens (tertiary/aromatic N) is 1. The van der Waals surface area contributed by atoms with Crippen LogP contribution in [0.5, 0.6) is 0 Å². The minimum absolute atomic E-state index is 0.375. The number of aliphatic carboxylic acids is 1. The van der Waals surface area contributed by atoms with E-state index in [0.29, 0.717) is 18.6 Å². The van der Waals surface area contributed by atoms with Crippen molar-refractivity contribution >= 4 is 11.7 Å². The van der Waals surface area contributed by atoms with Gasteiger partial charge in [0, 0.05) is 24.3 Å². The Labute approximate surface area is 126 Å². The second-order valence-corrected chi connectivity index (χ2v) is 6.70. The van der Waals surface area contributed by atoms with Crippen molar-refractivity contribution in [2.75, 3.05) is 11.4 Å². The van der Waals surface area contributed by atoms with Crippen LogP contribution in [0.25, 0.3) is 0 Å². The van der Waals surface area contributed by atoms with Crippen LogP contribution in [0.3, 0.4) is 0 Å². The number of anilines is 1. The maximum atomic E-state index is 11.8. The first-order chi connectivity index (χ1) is 9.99. The van der Waals surface area contributed by atoms with Gasteiger partial charge >= 0.3 is 5.97 Å². The second-order valence-electron chi connectivity index (χ2n) is 6.70. The molecule has 0 radical (unpaired) electrons. The molecule has 0 spiro atoms. The van der Waals surface area contributed by atoms with E-state index in [-0.39, 0.29) is 0 Å². The zero-order valence-corrected chi connectivity index (χ0v) is 12.8. The largest absolute Gasteiger partial charge is 0.480 e. The Balaban J connectivity index is 1.86. The molecule has 2 unspecified atom stereocenters. The minimum atomic E-state index is -0.889. The standard InChI is InChI=1S/C17H24N2O2/c1-12-7-8-13-5-3-4-6-15(13)19(12)11-17(2,16(20)21)18-14-9-10-14/h3-6,12,14,18H,7-11H2,1-2H3,(H,20,21). The van der Waals surface area contributed by atoms with Crippen LogP contribution in [-0.2, 0) is 11.2 Å². The fourth-order valence-electron chi connectivity index (χ4n) is 3.19. The number of para-hydroxylation sites is 1. The number of hydrogen-bond acceptors (Lipinski definition) is 3. The third-order valence-electron chi connectivity index (χ3n) is 4.72. The van der Waals surface area contributed by atoms with Gasteiger partial charge in [-0.3, -0.25) is 10.1 Å². The van der Waals surface area contributed by atoms with Crippen LogP contribution in [0, 0.1) is 0 Å². The van der Waals surface area contributed by atoms with Crippen molar-refractivity contribution in [1.82, 2.24) is 5.32 Å². The van der Waals surface area contributed by atoms with Crippen LogP contribution in [0.1, 0.15) is 38.7 Å². The molecule has 0 aromatic heterocycles. The van der Waals surface area contributed by atoms with Crippen LogP contribution in [0.4, 0.5) is 5.69 Å². The summed E-state index contributed by atoms with van der Waals surface area (Å²) in [6.07, 6.45) is 4.34. The number of carboxylic acids is 1. The van der Waals surface area contributed by atoms with Crippen molar-refractivity contribution in [3.63, 3.8) is 0 Å². The molecule has 1 aromatic carbocycles. The maximum absolute atomic E-state index is 11.8. The van der Waals surface area contributed by atoms with Gasteiger partial charge in [0.05, 0.1) is 0 Å². The quantitative estimate of drug-likeness (QED) is 0.873. The van der Waals surface area contributed by atoms with E-state index >= 15 is 0 Å². The van der Waals surface area contributed by atoms with E-state index < -0.39 is 11.5 Å². The second kappa shape index (κ2) is 5.34. The first kappa shape index (κ1) is 14.4. The van der Waals surface area contributed by atoms with Crippen LogP contribution in [0.15, 0.2) is 24.3 Å². The lowest BCUT2D eigenvalue weighted by Crippen LogP contribution is -2.59. The zero-order chi connectivity index (χ0) is 15.0. The first-order valence-electron chi connectivity index (χ1n) is 7.85. The molecule has 1 heterocycles. The van der Waals surface area contributed by atoms with Crippen molar-refractivity contribution in [2.24, 2.45) is 0 Å². The fraction of sp³-hybridized carbons (Fsp3) is 0.588. The van der Waals surface area contributed by atoms with Crippen LogP contribution in [0.2, 0.25) is 0 Å². The summed E-state index contributed by atoms with van der Waals surface area (Å²) in [7, 11) is 0. The fourth-order valence-corrected chi connectivity index (χ4v) is 3.19. The molecule has 1 aromatic rings. The number of rotatable bonds is 5. The number of carbonyl (C=O) groups is 1. The molecule has 1 saturated carbocycles. The summed E-state index contributed by atoms with van der Waals surface area (Å²) in [5, 5.41) is 13.0. The molecule has 3 rings (SSSR count). The van der Waals surface area contributed by atoms with E-state index in [1.807, 2.05) is 13.0 Å². The summed E-state index contributed by atoms with van der Waals surface area (Å²) in [6, 6.07) is 9.12. The SMILES string of the molecule is CC1CCc2ccccc2N1CC(C)(NC1CC1)C(=O)O. The summed E-state index contributed by atoms with van der Waals surface area (Å²) in [5.41, 5.74) is 1.64. The number of fused-ring (bicyclic) bond motifs is 1. The molecule has 2 atom stereocenters.